The van der Waals surface area contributed by atoms with E-state index in [9.17, 15) is 5.11 Å². The summed E-state index contributed by atoms with van der Waals surface area (Å²) in [6.45, 7) is 4.76. The van der Waals surface area contributed by atoms with Crippen molar-refractivity contribution in [3.63, 3.8) is 0 Å². The lowest BCUT2D eigenvalue weighted by molar-refractivity contribution is -0.667. The van der Waals surface area contributed by atoms with E-state index in [2.05, 4.69) is 5.32 Å². The van der Waals surface area contributed by atoms with Crippen molar-refractivity contribution in [1.29, 1.82) is 0 Å². The highest BCUT2D eigenvalue weighted by Crippen LogP contribution is 2.19. The van der Waals surface area contributed by atoms with Crippen molar-refractivity contribution in [2.45, 2.75) is 38.1 Å². The molecule has 0 unspecified atom stereocenters. The van der Waals surface area contributed by atoms with Gasteiger partial charge in [-0.3, -0.25) is 0 Å². The van der Waals surface area contributed by atoms with E-state index in [1.54, 1.807) is 0 Å². The van der Waals surface area contributed by atoms with E-state index in [1.807, 2.05) is 31.2 Å². The molecule has 0 saturated carbocycles. The second-order valence-electron chi connectivity index (χ2n) is 5.58. The summed E-state index contributed by atoms with van der Waals surface area (Å²) in [6.07, 6.45) is 2.14. The fourth-order valence-corrected chi connectivity index (χ4v) is 2.58. The Kier molecular flexibility index (Phi) is 6.93. The molecule has 5 heteroatoms. The molecule has 1 aliphatic heterocycles. The van der Waals surface area contributed by atoms with Crippen LogP contribution < -0.4 is 5.32 Å². The van der Waals surface area contributed by atoms with Crippen LogP contribution in [0.5, 0.6) is 0 Å². The maximum Gasteiger partial charge on any atom is 0.126 e. The Bertz CT molecular complexity index is 406. The molecule has 1 aliphatic rings. The van der Waals surface area contributed by atoms with Crippen LogP contribution in [-0.4, -0.2) is 43.6 Å². The third kappa shape index (κ3) is 5.93. The lowest BCUT2D eigenvalue weighted by Gasteiger charge is -2.17. The number of ether oxygens (including phenoxy) is 2. The van der Waals surface area contributed by atoms with Crippen molar-refractivity contribution in [3.05, 3.63) is 34.9 Å². The van der Waals surface area contributed by atoms with E-state index in [1.165, 1.54) is 0 Å². The zero-order valence-corrected chi connectivity index (χ0v) is 13.3. The van der Waals surface area contributed by atoms with E-state index < -0.39 is 6.10 Å². The molecule has 3 atom stereocenters. The summed E-state index contributed by atoms with van der Waals surface area (Å²) in [7, 11) is 0. The Morgan fingerprint density at radius 1 is 1.43 bits per heavy atom. The Hall–Kier alpha value is -0.650. The molecule has 0 amide bonds. The molecule has 1 saturated heterocycles. The predicted octanol–water partition coefficient (Wildman–Crippen LogP) is 1.52. The number of nitrogens with two attached hydrogens (primary N) is 1. The van der Waals surface area contributed by atoms with E-state index in [0.717, 1.165) is 36.6 Å². The van der Waals surface area contributed by atoms with Gasteiger partial charge in [0.25, 0.3) is 0 Å². The van der Waals surface area contributed by atoms with E-state index >= 15 is 0 Å². The Morgan fingerprint density at radius 3 is 2.86 bits per heavy atom. The lowest BCUT2D eigenvalue weighted by atomic mass is 10.1. The summed E-state index contributed by atoms with van der Waals surface area (Å²) in [5, 5.41) is 12.8. The smallest absolute Gasteiger partial charge is 0.126 e. The number of hydrogen-bond donors (Lipinski definition) is 2. The molecule has 0 radical (unpaired) electrons. The quantitative estimate of drug-likeness (QED) is 0.765. The van der Waals surface area contributed by atoms with Gasteiger partial charge < -0.3 is 19.9 Å². The topological polar surface area (TPSA) is 55.3 Å². The summed E-state index contributed by atoms with van der Waals surface area (Å²) in [5.74, 6) is 0. The number of benzene rings is 1. The highest BCUT2D eigenvalue weighted by atomic mass is 35.5. The second-order valence-corrected chi connectivity index (χ2v) is 6.01. The minimum atomic E-state index is -0.457. The summed E-state index contributed by atoms with van der Waals surface area (Å²) in [5.41, 5.74) is 1.06. The molecule has 1 aromatic rings. The minimum absolute atomic E-state index is 0.0462. The van der Waals surface area contributed by atoms with Gasteiger partial charge in [0.15, 0.2) is 0 Å². The predicted molar refractivity (Wildman–Crippen MR) is 82.5 cm³/mol. The summed E-state index contributed by atoms with van der Waals surface area (Å²) < 4.78 is 11.3. The standard InChI is InChI=1S/C16H24ClNO3/c1-12(13-4-6-14(17)7-5-13)21-11-15(19)9-18-10-16-3-2-8-20-16/h4-7,12,15-16,18-19H,2-3,8-11H2,1H3/p+1/t12-,15-,16+/m1/s1. The van der Waals surface area contributed by atoms with Crippen molar-refractivity contribution in [3.8, 4) is 0 Å². The molecule has 0 bridgehead atoms. The zero-order valence-electron chi connectivity index (χ0n) is 12.5. The summed E-state index contributed by atoms with van der Waals surface area (Å²) in [4.78, 5) is 0. The monoisotopic (exact) mass is 314 g/mol. The number of hydrogen-bond acceptors (Lipinski definition) is 3. The molecule has 3 N–H and O–H groups in total. The fourth-order valence-electron chi connectivity index (χ4n) is 2.46. The first kappa shape index (κ1) is 16.7. The molecule has 1 aromatic carbocycles. The van der Waals surface area contributed by atoms with Gasteiger partial charge in [0.2, 0.25) is 0 Å². The normalized spacial score (nSPS) is 21.4. The van der Waals surface area contributed by atoms with Crippen LogP contribution in [0.1, 0.15) is 31.4 Å². The van der Waals surface area contributed by atoms with Gasteiger partial charge in [-0.1, -0.05) is 23.7 Å². The third-order valence-electron chi connectivity index (χ3n) is 3.77. The van der Waals surface area contributed by atoms with Gasteiger partial charge in [-0.25, -0.2) is 0 Å². The Balaban J connectivity index is 1.61. The molecule has 0 spiro atoms. The lowest BCUT2D eigenvalue weighted by Crippen LogP contribution is -2.88. The van der Waals surface area contributed by atoms with Crippen molar-refractivity contribution in [2.24, 2.45) is 0 Å². The molecule has 0 aliphatic carbocycles. The minimum Gasteiger partial charge on any atom is -0.385 e. The number of aliphatic hydroxyl groups excluding tert-OH is 1. The molecular formula is C16H25ClNO3+. The van der Waals surface area contributed by atoms with Crippen molar-refractivity contribution in [1.82, 2.24) is 0 Å². The number of rotatable bonds is 8. The van der Waals surface area contributed by atoms with Gasteiger partial charge in [0, 0.05) is 11.6 Å². The van der Waals surface area contributed by atoms with E-state index in [0.29, 0.717) is 19.3 Å². The Morgan fingerprint density at radius 2 is 2.19 bits per heavy atom. The van der Waals surface area contributed by atoms with Crippen LogP contribution in [-0.2, 0) is 9.47 Å². The van der Waals surface area contributed by atoms with Crippen molar-refractivity contribution in [2.75, 3.05) is 26.3 Å². The first-order valence-corrected chi connectivity index (χ1v) is 8.01. The van der Waals surface area contributed by atoms with E-state index in [4.69, 9.17) is 21.1 Å². The molecule has 21 heavy (non-hydrogen) atoms. The average molecular weight is 315 g/mol. The molecule has 118 valence electrons. The number of aliphatic hydroxyl groups is 1. The first-order chi connectivity index (χ1) is 10.1. The van der Waals surface area contributed by atoms with Crippen LogP contribution in [0, 0.1) is 0 Å². The van der Waals surface area contributed by atoms with Gasteiger partial charge in [0.05, 0.1) is 12.7 Å². The van der Waals surface area contributed by atoms with Gasteiger partial charge >= 0.3 is 0 Å². The average Bonchev–Trinajstić information content (AvgIpc) is 2.99. The second kappa shape index (κ2) is 8.71. The van der Waals surface area contributed by atoms with Crippen LogP contribution in [0.15, 0.2) is 24.3 Å². The number of halogens is 1. The van der Waals surface area contributed by atoms with Crippen LogP contribution >= 0.6 is 11.6 Å². The molecule has 4 nitrogen and oxygen atoms in total. The maximum atomic E-state index is 9.94. The van der Waals surface area contributed by atoms with Crippen molar-refractivity contribution < 1.29 is 19.9 Å². The third-order valence-corrected chi connectivity index (χ3v) is 4.02. The molecular weight excluding hydrogens is 290 g/mol. The molecule has 1 fully saturated rings. The van der Waals surface area contributed by atoms with Gasteiger partial charge in [-0.05, 0) is 37.5 Å². The molecule has 2 rings (SSSR count). The van der Waals surface area contributed by atoms with Gasteiger partial charge in [0.1, 0.15) is 25.3 Å². The first-order valence-electron chi connectivity index (χ1n) is 7.63. The highest BCUT2D eigenvalue weighted by Gasteiger charge is 2.18. The van der Waals surface area contributed by atoms with E-state index in [-0.39, 0.29) is 6.10 Å². The largest absolute Gasteiger partial charge is 0.385 e. The maximum absolute atomic E-state index is 9.94. The van der Waals surface area contributed by atoms with Crippen molar-refractivity contribution >= 4 is 11.6 Å². The highest BCUT2D eigenvalue weighted by molar-refractivity contribution is 6.30. The Labute approximate surface area is 131 Å². The van der Waals surface area contributed by atoms with Crippen LogP contribution in [0.4, 0.5) is 0 Å². The number of quaternary nitrogens is 1. The molecule has 0 aromatic heterocycles. The SMILES string of the molecule is C[C@@H](OC[C@H](O)C[NH2+]C[C@@H]1CCCO1)c1ccc(Cl)cc1. The fraction of sp³-hybridized carbons (Fsp3) is 0.625. The van der Waals surface area contributed by atoms with Gasteiger partial charge in [-0.2, -0.15) is 0 Å². The zero-order chi connectivity index (χ0) is 15.1. The van der Waals surface area contributed by atoms with Crippen LogP contribution in [0.25, 0.3) is 0 Å². The summed E-state index contributed by atoms with van der Waals surface area (Å²) >= 11 is 5.86. The summed E-state index contributed by atoms with van der Waals surface area (Å²) in [6, 6.07) is 7.59. The van der Waals surface area contributed by atoms with Gasteiger partial charge in [-0.15, -0.1) is 0 Å². The van der Waals surface area contributed by atoms with Crippen LogP contribution in [0.3, 0.4) is 0 Å². The molecule has 1 heterocycles. The van der Waals surface area contributed by atoms with Crippen LogP contribution in [0.2, 0.25) is 5.02 Å².